The van der Waals surface area contributed by atoms with Crippen LogP contribution in [0.25, 0.3) is 0 Å². The number of nitrogens with zero attached hydrogens (tertiary/aromatic N) is 4. The van der Waals surface area contributed by atoms with Gasteiger partial charge in [0.15, 0.2) is 0 Å². The topological polar surface area (TPSA) is 41.4 Å². The Labute approximate surface area is 141 Å². The highest BCUT2D eigenvalue weighted by atomic mass is 35.5. The van der Waals surface area contributed by atoms with Crippen molar-refractivity contribution in [2.75, 3.05) is 26.2 Å². The average Bonchev–Trinajstić information content (AvgIpc) is 3.06. The SMILES string of the molecule is CCn1cc(C(=O)N2CCN(Cc3ccc(Cl)cc3)CC2)cn1. The van der Waals surface area contributed by atoms with E-state index < -0.39 is 0 Å². The molecule has 0 aliphatic carbocycles. The highest BCUT2D eigenvalue weighted by Crippen LogP contribution is 2.14. The van der Waals surface area contributed by atoms with E-state index >= 15 is 0 Å². The first-order valence-corrected chi connectivity index (χ1v) is 8.32. The predicted molar refractivity (Wildman–Crippen MR) is 90.5 cm³/mol. The van der Waals surface area contributed by atoms with Gasteiger partial charge in [-0.1, -0.05) is 23.7 Å². The summed E-state index contributed by atoms with van der Waals surface area (Å²) in [6.07, 6.45) is 3.48. The van der Waals surface area contributed by atoms with Crippen LogP contribution in [0, 0.1) is 0 Å². The van der Waals surface area contributed by atoms with Crippen molar-refractivity contribution in [3.8, 4) is 0 Å². The van der Waals surface area contributed by atoms with Crippen molar-refractivity contribution < 1.29 is 4.79 Å². The van der Waals surface area contributed by atoms with Gasteiger partial charge in [-0.3, -0.25) is 14.4 Å². The van der Waals surface area contributed by atoms with Gasteiger partial charge in [-0.2, -0.15) is 5.10 Å². The minimum Gasteiger partial charge on any atom is -0.336 e. The number of carbonyl (C=O) groups excluding carboxylic acids is 1. The molecule has 2 heterocycles. The van der Waals surface area contributed by atoms with Crippen molar-refractivity contribution in [1.29, 1.82) is 0 Å². The lowest BCUT2D eigenvalue weighted by Crippen LogP contribution is -2.48. The third-order valence-electron chi connectivity index (χ3n) is 4.18. The molecule has 23 heavy (non-hydrogen) atoms. The molecule has 1 aliphatic rings. The van der Waals surface area contributed by atoms with Gasteiger partial charge in [0.1, 0.15) is 0 Å². The van der Waals surface area contributed by atoms with E-state index in [2.05, 4.69) is 22.1 Å². The molecule has 0 atom stereocenters. The maximum Gasteiger partial charge on any atom is 0.257 e. The van der Waals surface area contributed by atoms with E-state index in [-0.39, 0.29) is 5.91 Å². The van der Waals surface area contributed by atoms with Crippen LogP contribution < -0.4 is 0 Å². The maximum atomic E-state index is 12.5. The first-order valence-electron chi connectivity index (χ1n) is 7.94. The fourth-order valence-electron chi connectivity index (χ4n) is 2.79. The van der Waals surface area contributed by atoms with Crippen LogP contribution in [0.5, 0.6) is 0 Å². The third kappa shape index (κ3) is 3.92. The van der Waals surface area contributed by atoms with Crippen LogP contribution >= 0.6 is 11.6 Å². The molecule has 2 aromatic rings. The largest absolute Gasteiger partial charge is 0.336 e. The lowest BCUT2D eigenvalue weighted by atomic mass is 10.2. The molecule has 1 saturated heterocycles. The third-order valence-corrected chi connectivity index (χ3v) is 4.44. The average molecular weight is 333 g/mol. The van der Waals surface area contributed by atoms with E-state index in [0.29, 0.717) is 5.56 Å². The van der Waals surface area contributed by atoms with Crippen LogP contribution in [-0.4, -0.2) is 51.7 Å². The van der Waals surface area contributed by atoms with Crippen LogP contribution in [-0.2, 0) is 13.1 Å². The molecular weight excluding hydrogens is 312 g/mol. The Bertz CT molecular complexity index is 659. The summed E-state index contributed by atoms with van der Waals surface area (Å²) in [5.41, 5.74) is 1.93. The lowest BCUT2D eigenvalue weighted by Gasteiger charge is -2.34. The summed E-state index contributed by atoms with van der Waals surface area (Å²) in [5, 5.41) is 4.94. The molecule has 1 fully saturated rings. The molecule has 0 radical (unpaired) electrons. The maximum absolute atomic E-state index is 12.5. The molecule has 3 rings (SSSR count). The van der Waals surface area contributed by atoms with Gasteiger partial charge in [0, 0.05) is 50.5 Å². The van der Waals surface area contributed by atoms with E-state index in [1.165, 1.54) is 5.56 Å². The normalized spacial score (nSPS) is 15.8. The Morgan fingerprint density at radius 2 is 1.87 bits per heavy atom. The summed E-state index contributed by atoms with van der Waals surface area (Å²) in [4.78, 5) is 16.7. The van der Waals surface area contributed by atoms with Gasteiger partial charge < -0.3 is 4.90 Å². The monoisotopic (exact) mass is 332 g/mol. The Morgan fingerprint density at radius 1 is 1.17 bits per heavy atom. The summed E-state index contributed by atoms with van der Waals surface area (Å²) in [5.74, 6) is 0.0795. The molecular formula is C17H21ClN4O. The molecule has 122 valence electrons. The molecule has 6 heteroatoms. The minimum absolute atomic E-state index is 0.0795. The van der Waals surface area contributed by atoms with E-state index in [1.807, 2.05) is 30.2 Å². The minimum atomic E-state index is 0.0795. The number of aromatic nitrogens is 2. The predicted octanol–water partition coefficient (Wildman–Crippen LogP) is 2.51. The van der Waals surface area contributed by atoms with Crippen LogP contribution in [0.3, 0.4) is 0 Å². The molecule has 5 nitrogen and oxygen atoms in total. The van der Waals surface area contributed by atoms with Crippen molar-refractivity contribution in [2.45, 2.75) is 20.0 Å². The number of rotatable bonds is 4. The molecule has 0 spiro atoms. The molecule has 0 N–H and O–H groups in total. The van der Waals surface area contributed by atoms with Crippen molar-refractivity contribution >= 4 is 17.5 Å². The standard InChI is InChI=1S/C17H21ClN4O/c1-2-22-13-15(11-19-22)17(23)21-9-7-20(8-10-21)12-14-3-5-16(18)6-4-14/h3-6,11,13H,2,7-10,12H2,1H3. The zero-order valence-electron chi connectivity index (χ0n) is 13.3. The summed E-state index contributed by atoms with van der Waals surface area (Å²) in [7, 11) is 0. The Balaban J connectivity index is 1.53. The quantitative estimate of drug-likeness (QED) is 0.864. The highest BCUT2D eigenvalue weighted by molar-refractivity contribution is 6.30. The zero-order chi connectivity index (χ0) is 16.2. The lowest BCUT2D eigenvalue weighted by molar-refractivity contribution is 0.0628. The summed E-state index contributed by atoms with van der Waals surface area (Å²) in [6, 6.07) is 7.95. The molecule has 1 aromatic heterocycles. The van der Waals surface area contributed by atoms with Gasteiger partial charge in [-0.05, 0) is 24.6 Å². The Hall–Kier alpha value is -1.85. The molecule has 1 aliphatic heterocycles. The van der Waals surface area contributed by atoms with Crippen LogP contribution in [0.4, 0.5) is 0 Å². The van der Waals surface area contributed by atoms with E-state index in [4.69, 9.17) is 11.6 Å². The second-order valence-electron chi connectivity index (χ2n) is 5.78. The Morgan fingerprint density at radius 3 is 2.48 bits per heavy atom. The van der Waals surface area contributed by atoms with Crippen LogP contribution in [0.15, 0.2) is 36.7 Å². The molecule has 0 bridgehead atoms. The number of piperazine rings is 1. The van der Waals surface area contributed by atoms with E-state index in [1.54, 1.807) is 10.9 Å². The second-order valence-corrected chi connectivity index (χ2v) is 6.22. The molecule has 0 saturated carbocycles. The zero-order valence-corrected chi connectivity index (χ0v) is 14.0. The van der Waals surface area contributed by atoms with E-state index in [0.717, 1.165) is 44.3 Å². The van der Waals surface area contributed by atoms with Crippen molar-refractivity contribution in [2.24, 2.45) is 0 Å². The van der Waals surface area contributed by atoms with Gasteiger partial charge in [-0.25, -0.2) is 0 Å². The molecule has 1 amide bonds. The summed E-state index contributed by atoms with van der Waals surface area (Å²) >= 11 is 5.91. The fourth-order valence-corrected chi connectivity index (χ4v) is 2.91. The number of halogens is 1. The Kier molecular flexibility index (Phi) is 4.98. The number of amides is 1. The number of aryl methyl sites for hydroxylation is 1. The van der Waals surface area contributed by atoms with E-state index in [9.17, 15) is 4.79 Å². The molecule has 0 unspecified atom stereocenters. The van der Waals surface area contributed by atoms with Gasteiger partial charge in [-0.15, -0.1) is 0 Å². The fraction of sp³-hybridized carbons (Fsp3) is 0.412. The second kappa shape index (κ2) is 7.15. The van der Waals surface area contributed by atoms with Gasteiger partial charge >= 0.3 is 0 Å². The number of carbonyl (C=O) groups is 1. The first kappa shape index (κ1) is 16.0. The first-order chi connectivity index (χ1) is 11.2. The number of benzene rings is 1. The number of hydrogen-bond donors (Lipinski definition) is 0. The summed E-state index contributed by atoms with van der Waals surface area (Å²) in [6.45, 7) is 6.96. The van der Waals surface area contributed by atoms with Crippen LogP contribution in [0.1, 0.15) is 22.8 Å². The van der Waals surface area contributed by atoms with Crippen LogP contribution in [0.2, 0.25) is 5.02 Å². The summed E-state index contributed by atoms with van der Waals surface area (Å²) < 4.78 is 1.78. The van der Waals surface area contributed by atoms with Gasteiger partial charge in [0.25, 0.3) is 5.91 Å². The van der Waals surface area contributed by atoms with Crippen molar-refractivity contribution in [3.63, 3.8) is 0 Å². The van der Waals surface area contributed by atoms with Crippen molar-refractivity contribution in [1.82, 2.24) is 19.6 Å². The highest BCUT2D eigenvalue weighted by Gasteiger charge is 2.23. The number of hydrogen-bond acceptors (Lipinski definition) is 3. The van der Waals surface area contributed by atoms with Gasteiger partial charge in [0.2, 0.25) is 0 Å². The van der Waals surface area contributed by atoms with Gasteiger partial charge in [0.05, 0.1) is 11.8 Å². The van der Waals surface area contributed by atoms with Crippen molar-refractivity contribution in [3.05, 3.63) is 52.8 Å². The molecule has 1 aromatic carbocycles. The smallest absolute Gasteiger partial charge is 0.257 e.